The molecule has 0 spiro atoms. The highest BCUT2D eigenvalue weighted by Gasteiger charge is 2.27. The molecule has 0 saturated carbocycles. The highest BCUT2D eigenvalue weighted by atomic mass is 32.7. The molecule has 2 atom stereocenters. The van der Waals surface area contributed by atoms with Gasteiger partial charge in [0.05, 0.1) is 59.9 Å². The zero-order valence-electron chi connectivity index (χ0n) is 52.8. The van der Waals surface area contributed by atoms with Crippen LogP contribution in [0.1, 0.15) is 120 Å². The standard InChI is InChI=1S/C23H34N3O9PS.C18H27N4O7PS.2C6H11O2PS.P2S2/c1-23(2,3)35-21(31)14-16(22(32)36-37)6-4-5-10-24-18(28)15-33-12-13-34-25-17(27)9-11-26-19(29)7-8-20(26)30;19-11-13(18(27)30-31)3-1-2-7-20-15(24)12-28-9-10-29-21-14(23)6-8-22-16(25)4-5-17(22)26;2*1-6(2,3)8-5(7)4-9-10;3-1-2-4/h7-8,16H,4-6,9-15H2,1-3H3,(H,24,28)(H,25,27);4-5,13H,1-3,6-12,19H2,(H,20,24)(H,21,23);2*4H2,1-3H3;. The molecule has 27 nitrogen and oxygen atoms in total. The number of nitrogens with one attached hydrogen (secondary N) is 4. The molecule has 0 fully saturated rings. The van der Waals surface area contributed by atoms with Crippen molar-refractivity contribution < 1.29 is 95.7 Å². The van der Waals surface area contributed by atoms with Crippen LogP contribution in [0.15, 0.2) is 24.3 Å². The summed E-state index contributed by atoms with van der Waals surface area (Å²) in [7, 11) is 3.52. The third kappa shape index (κ3) is 55.6. The molecular formula is C53H83N7O20P6S6. The van der Waals surface area contributed by atoms with Crippen LogP contribution in [-0.4, -0.2) is 188 Å². The maximum absolute atomic E-state index is 12.1. The van der Waals surface area contributed by atoms with Crippen molar-refractivity contribution in [2.75, 3.05) is 84.7 Å². The fraction of sp³-hybridized carbons (Fsp3) is 0.679. The van der Waals surface area contributed by atoms with Crippen molar-refractivity contribution in [2.24, 2.45) is 17.6 Å². The van der Waals surface area contributed by atoms with E-state index >= 15 is 0 Å². The Kier molecular flexibility index (Phi) is 55.7. The van der Waals surface area contributed by atoms with E-state index in [1.165, 1.54) is 0 Å². The fourth-order valence-corrected chi connectivity index (χ4v) is 9.08. The summed E-state index contributed by atoms with van der Waals surface area (Å²) in [5.41, 5.74) is 8.28. The second kappa shape index (κ2) is 55.4. The zero-order chi connectivity index (χ0) is 70.7. The van der Waals surface area contributed by atoms with Gasteiger partial charge in [-0.1, -0.05) is 36.5 Å². The number of nitrogens with two attached hydrogens (primary N) is 1. The molecule has 0 aromatic carbocycles. The topological polar surface area (TPSA) is 367 Å². The van der Waals surface area contributed by atoms with E-state index in [2.05, 4.69) is 68.8 Å². The number of nitrogens with zero attached hydrogens (tertiary/aromatic N) is 2. The van der Waals surface area contributed by atoms with Crippen LogP contribution in [0, 0.1) is 11.8 Å². The summed E-state index contributed by atoms with van der Waals surface area (Å²) in [6.45, 7) is 17.2. The van der Waals surface area contributed by atoms with Gasteiger partial charge >= 0.3 is 17.9 Å². The molecule has 2 unspecified atom stereocenters. The molecule has 2 aliphatic rings. The lowest BCUT2D eigenvalue weighted by Crippen LogP contribution is -2.35. The van der Waals surface area contributed by atoms with E-state index in [9.17, 15) is 62.3 Å². The monoisotopic (exact) mass is 1520 g/mol. The highest BCUT2D eigenvalue weighted by molar-refractivity contribution is 8.40. The molecule has 0 radical (unpaired) electrons. The molecule has 0 bridgehead atoms. The van der Waals surface area contributed by atoms with Crippen LogP contribution in [0.2, 0.25) is 0 Å². The number of amides is 8. The Bertz CT molecular complexity index is 2480. The SMILES string of the molecule is CC(C)(C)OC(=O)CC(CCCCNC(=O)COCCONC(=O)CCN1C(=O)C=CC1=O)C(=O)P=S.CC(C)(C)OC(=O)CP=S.CC(C)(C)OC(=O)CP=S.NCC(CCCCNC(=O)COCCONC(=O)CCN1C(=O)C=CC1=O)C(=O)P=S.S=PP=S. The van der Waals surface area contributed by atoms with Gasteiger partial charge in [-0.2, -0.15) is 0 Å². The summed E-state index contributed by atoms with van der Waals surface area (Å²) in [5.74, 6) is -5.04. The van der Waals surface area contributed by atoms with E-state index in [1.807, 2.05) is 41.5 Å². The van der Waals surface area contributed by atoms with Gasteiger partial charge in [0.1, 0.15) is 30.0 Å². The third-order valence-corrected chi connectivity index (χ3v) is 16.7. The van der Waals surface area contributed by atoms with Crippen molar-refractivity contribution >= 4 is 191 Å². The number of carbonyl (C=O) groups excluding carboxylic acids is 13. The molecule has 8 amide bonds. The molecule has 0 aromatic rings. The van der Waals surface area contributed by atoms with Crippen LogP contribution in [0.4, 0.5) is 0 Å². The Morgan fingerprint density at radius 3 is 1.14 bits per heavy atom. The smallest absolute Gasteiger partial charge is 0.315 e. The Morgan fingerprint density at radius 2 is 0.826 bits per heavy atom. The van der Waals surface area contributed by atoms with Gasteiger partial charge in [-0.25, -0.2) is 11.0 Å². The zero-order valence-corrected chi connectivity index (χ0v) is 63.1. The largest absolute Gasteiger partial charge is 0.460 e. The van der Waals surface area contributed by atoms with Crippen LogP contribution in [0.5, 0.6) is 0 Å². The lowest BCUT2D eigenvalue weighted by molar-refractivity contribution is -0.157. The lowest BCUT2D eigenvalue weighted by atomic mass is 9.99. The van der Waals surface area contributed by atoms with Crippen molar-refractivity contribution in [2.45, 2.75) is 137 Å². The van der Waals surface area contributed by atoms with Gasteiger partial charge in [0, 0.05) is 95.8 Å². The number of ether oxygens (including phenoxy) is 5. The van der Waals surface area contributed by atoms with Crippen molar-refractivity contribution in [1.29, 1.82) is 0 Å². The average Bonchev–Trinajstić information content (AvgIpc) is 3.16. The highest BCUT2D eigenvalue weighted by Crippen LogP contribution is 2.22. The van der Waals surface area contributed by atoms with Crippen LogP contribution < -0.4 is 27.3 Å². The van der Waals surface area contributed by atoms with Gasteiger partial charge in [-0.05, 0) is 150 Å². The van der Waals surface area contributed by atoms with Crippen molar-refractivity contribution in [3.05, 3.63) is 24.3 Å². The fourth-order valence-electron chi connectivity index (χ4n) is 6.46. The Morgan fingerprint density at radius 1 is 0.489 bits per heavy atom. The number of hydroxylamine groups is 2. The quantitative estimate of drug-likeness (QED) is 0.0130. The van der Waals surface area contributed by atoms with Gasteiger partial charge in [-0.15, -0.1) is 0 Å². The molecule has 0 aliphatic carbocycles. The summed E-state index contributed by atoms with van der Waals surface area (Å²) in [4.78, 5) is 161. The number of hydrogen-bond donors (Lipinski definition) is 5. The van der Waals surface area contributed by atoms with E-state index in [0.717, 1.165) is 54.6 Å². The summed E-state index contributed by atoms with van der Waals surface area (Å²) in [6.07, 6.45) is 8.80. The van der Waals surface area contributed by atoms with Crippen molar-refractivity contribution in [3.8, 4) is 0 Å². The Hall–Kier alpha value is -3.69. The van der Waals surface area contributed by atoms with Crippen molar-refractivity contribution in [1.82, 2.24) is 31.4 Å². The van der Waals surface area contributed by atoms with Crippen molar-refractivity contribution in [3.63, 3.8) is 0 Å². The summed E-state index contributed by atoms with van der Waals surface area (Å²) >= 11 is 27.5. The second-order valence-corrected chi connectivity index (χ2v) is 30.8. The minimum atomic E-state index is -0.626. The molecule has 39 heteroatoms. The van der Waals surface area contributed by atoms with Crippen LogP contribution in [0.3, 0.4) is 0 Å². The Balaban J connectivity index is -0.00000128. The van der Waals surface area contributed by atoms with E-state index in [1.54, 1.807) is 20.8 Å². The number of carbonyl (C=O) groups is 13. The van der Waals surface area contributed by atoms with Gasteiger partial charge in [0.2, 0.25) is 23.6 Å². The van der Waals surface area contributed by atoms with E-state index < -0.39 is 52.9 Å². The average molecular weight is 1520 g/mol. The molecule has 6 N–H and O–H groups in total. The molecule has 516 valence electrons. The number of imide groups is 2. The first-order chi connectivity index (χ1) is 43.1. The number of esters is 3. The first-order valence-corrected chi connectivity index (χ1v) is 40.6. The maximum atomic E-state index is 12.1. The molecule has 2 rings (SSSR count). The van der Waals surface area contributed by atoms with Gasteiger partial charge in [0.25, 0.3) is 23.6 Å². The first kappa shape index (κ1) is 92.5. The third-order valence-electron chi connectivity index (χ3n) is 10.3. The van der Waals surface area contributed by atoms with E-state index in [-0.39, 0.29) is 138 Å². The van der Waals surface area contributed by atoms with Gasteiger partial charge < -0.3 is 40.1 Å². The van der Waals surface area contributed by atoms with E-state index in [4.69, 9.17) is 62.7 Å². The maximum Gasteiger partial charge on any atom is 0.315 e. The molecule has 0 aromatic heterocycles. The van der Waals surface area contributed by atoms with Crippen LogP contribution >= 0.6 is 43.5 Å². The molecule has 0 saturated heterocycles. The Labute approximate surface area is 577 Å². The summed E-state index contributed by atoms with van der Waals surface area (Å²) < 4.78 is 25.5. The predicted molar refractivity (Wildman–Crippen MR) is 368 cm³/mol. The van der Waals surface area contributed by atoms with Gasteiger partial charge in [-0.3, -0.25) is 81.8 Å². The molecule has 2 heterocycles. The molecular weight excluding hydrogens is 1430 g/mol. The molecule has 92 heavy (non-hydrogen) atoms. The minimum Gasteiger partial charge on any atom is -0.460 e. The number of rotatable bonds is 40. The minimum absolute atomic E-state index is 0.00257. The van der Waals surface area contributed by atoms with Gasteiger partial charge in [0.15, 0.2) is 11.0 Å². The number of unbranched alkanes of at least 4 members (excludes halogenated alkanes) is 2. The number of hydrogen-bond acceptors (Lipinski definition) is 27. The van der Waals surface area contributed by atoms with Crippen LogP contribution in [0.25, 0.3) is 0 Å². The summed E-state index contributed by atoms with van der Waals surface area (Å²) in [6, 6.07) is 0. The first-order valence-electron chi connectivity index (χ1n) is 28.0. The lowest BCUT2D eigenvalue weighted by Gasteiger charge is -2.21. The normalized spacial score (nSPS) is 13.3. The van der Waals surface area contributed by atoms with E-state index in [0.29, 0.717) is 79.6 Å². The predicted octanol–water partition coefficient (Wildman–Crippen LogP) is 5.29. The second-order valence-electron chi connectivity index (χ2n) is 21.6. The van der Waals surface area contributed by atoms with Crippen LogP contribution in [-0.2, 0) is 167 Å². The summed E-state index contributed by atoms with van der Waals surface area (Å²) in [5, 5.41) is 5.39. The molecule has 2 aliphatic heterocycles.